The average molecular weight is 208 g/mol. The van der Waals surface area contributed by atoms with Crippen molar-refractivity contribution in [3.63, 3.8) is 0 Å². The Morgan fingerprint density at radius 1 is 1.33 bits per heavy atom. The van der Waals surface area contributed by atoms with Crippen molar-refractivity contribution in [1.82, 2.24) is 9.78 Å². The fraction of sp³-hybridized carbons (Fsp3) is 0.750. The van der Waals surface area contributed by atoms with Crippen LogP contribution in [0.1, 0.15) is 43.5 Å². The van der Waals surface area contributed by atoms with Crippen molar-refractivity contribution in [2.24, 2.45) is 0 Å². The number of aliphatic hydroxyl groups is 1. The zero-order chi connectivity index (χ0) is 10.9. The van der Waals surface area contributed by atoms with Crippen molar-refractivity contribution >= 4 is 0 Å². The first kappa shape index (κ1) is 10.7. The van der Waals surface area contributed by atoms with Gasteiger partial charge in [0.2, 0.25) is 0 Å². The molecular weight excluding hydrogens is 188 g/mol. The van der Waals surface area contributed by atoms with E-state index < -0.39 is 5.60 Å². The summed E-state index contributed by atoms with van der Waals surface area (Å²) in [5.41, 5.74) is 1.67. The van der Waals surface area contributed by atoms with Crippen LogP contribution in [0.3, 0.4) is 0 Å². The van der Waals surface area contributed by atoms with Crippen molar-refractivity contribution in [2.75, 3.05) is 0 Å². The highest BCUT2D eigenvalue weighted by molar-refractivity contribution is 5.07. The van der Waals surface area contributed by atoms with E-state index in [0.717, 1.165) is 37.1 Å². The van der Waals surface area contributed by atoms with Gasteiger partial charge in [-0.2, -0.15) is 5.10 Å². The minimum atomic E-state index is -0.512. The number of hydrogen-bond donors (Lipinski definition) is 1. The lowest BCUT2D eigenvalue weighted by molar-refractivity contribution is -0.0148. The summed E-state index contributed by atoms with van der Waals surface area (Å²) in [4.78, 5) is 0. The molecule has 0 atom stereocenters. The molecule has 1 heterocycles. The first-order chi connectivity index (χ1) is 7.09. The van der Waals surface area contributed by atoms with Crippen LogP contribution in [0.5, 0.6) is 0 Å². The van der Waals surface area contributed by atoms with E-state index in [1.165, 1.54) is 6.42 Å². The second kappa shape index (κ2) is 3.97. The zero-order valence-electron chi connectivity index (χ0n) is 9.66. The van der Waals surface area contributed by atoms with Gasteiger partial charge in [-0.25, -0.2) is 0 Å². The summed E-state index contributed by atoms with van der Waals surface area (Å²) in [7, 11) is 0. The topological polar surface area (TPSA) is 38.0 Å². The molecular formula is C12H20N2O. The van der Waals surface area contributed by atoms with Gasteiger partial charge in [-0.15, -0.1) is 0 Å². The molecule has 15 heavy (non-hydrogen) atoms. The molecule has 0 aromatic carbocycles. The SMILES string of the molecule is Cc1cc(C)n(CC2(O)CCCCC2)n1. The van der Waals surface area contributed by atoms with Crippen LogP contribution in [-0.4, -0.2) is 20.5 Å². The number of hydrogen-bond acceptors (Lipinski definition) is 2. The van der Waals surface area contributed by atoms with E-state index in [4.69, 9.17) is 0 Å². The second-order valence-electron chi connectivity index (χ2n) is 4.87. The van der Waals surface area contributed by atoms with Crippen molar-refractivity contribution in [1.29, 1.82) is 0 Å². The average Bonchev–Trinajstić information content (AvgIpc) is 2.45. The molecule has 84 valence electrons. The summed E-state index contributed by atoms with van der Waals surface area (Å²) in [5, 5.41) is 14.8. The molecule has 0 spiro atoms. The Kier molecular flexibility index (Phi) is 2.83. The van der Waals surface area contributed by atoms with Crippen LogP contribution in [0.15, 0.2) is 6.07 Å². The minimum absolute atomic E-state index is 0.512. The molecule has 0 unspecified atom stereocenters. The van der Waals surface area contributed by atoms with Gasteiger partial charge in [-0.05, 0) is 32.8 Å². The third-order valence-electron chi connectivity index (χ3n) is 3.33. The van der Waals surface area contributed by atoms with E-state index in [9.17, 15) is 5.11 Å². The maximum Gasteiger partial charge on any atom is 0.0842 e. The molecule has 1 aliphatic rings. The van der Waals surface area contributed by atoms with Crippen LogP contribution in [0, 0.1) is 13.8 Å². The third-order valence-corrected chi connectivity index (χ3v) is 3.33. The highest BCUT2D eigenvalue weighted by atomic mass is 16.3. The smallest absolute Gasteiger partial charge is 0.0842 e. The zero-order valence-corrected chi connectivity index (χ0v) is 9.66. The molecule has 0 radical (unpaired) electrons. The molecule has 0 saturated heterocycles. The normalized spacial score (nSPS) is 20.5. The summed E-state index contributed by atoms with van der Waals surface area (Å²) < 4.78 is 1.95. The predicted molar refractivity (Wildman–Crippen MR) is 59.7 cm³/mol. The molecule has 0 amide bonds. The maximum atomic E-state index is 10.4. The van der Waals surface area contributed by atoms with Gasteiger partial charge in [0, 0.05) is 5.69 Å². The lowest BCUT2D eigenvalue weighted by Gasteiger charge is -2.32. The van der Waals surface area contributed by atoms with Gasteiger partial charge in [0.05, 0.1) is 17.8 Å². The summed E-state index contributed by atoms with van der Waals surface area (Å²) in [5.74, 6) is 0. The Morgan fingerprint density at radius 3 is 2.53 bits per heavy atom. The van der Waals surface area contributed by atoms with Crippen LogP contribution in [0.2, 0.25) is 0 Å². The fourth-order valence-electron chi connectivity index (χ4n) is 2.48. The highest BCUT2D eigenvalue weighted by Gasteiger charge is 2.30. The molecule has 1 N–H and O–H groups in total. The lowest BCUT2D eigenvalue weighted by atomic mass is 9.85. The molecule has 0 aliphatic heterocycles. The largest absolute Gasteiger partial charge is 0.388 e. The predicted octanol–water partition coefficient (Wildman–Crippen LogP) is 2.20. The molecule has 2 rings (SSSR count). The van der Waals surface area contributed by atoms with Crippen LogP contribution < -0.4 is 0 Å². The molecule has 3 heteroatoms. The molecule has 1 saturated carbocycles. The van der Waals surface area contributed by atoms with Crippen LogP contribution >= 0.6 is 0 Å². The number of aromatic nitrogens is 2. The van der Waals surface area contributed by atoms with Crippen LogP contribution in [0.25, 0.3) is 0 Å². The summed E-state index contributed by atoms with van der Waals surface area (Å²) in [6, 6.07) is 2.06. The third kappa shape index (κ3) is 2.40. The van der Waals surface area contributed by atoms with Gasteiger partial charge in [0.15, 0.2) is 0 Å². The lowest BCUT2D eigenvalue weighted by Crippen LogP contribution is -2.36. The highest BCUT2D eigenvalue weighted by Crippen LogP contribution is 2.29. The Bertz CT molecular complexity index is 337. The van der Waals surface area contributed by atoms with Crippen molar-refractivity contribution in [2.45, 2.75) is 58.1 Å². The van der Waals surface area contributed by atoms with E-state index in [-0.39, 0.29) is 0 Å². The van der Waals surface area contributed by atoms with E-state index in [0.29, 0.717) is 6.54 Å². The van der Waals surface area contributed by atoms with E-state index >= 15 is 0 Å². The van der Waals surface area contributed by atoms with Gasteiger partial charge < -0.3 is 5.11 Å². The molecule has 1 fully saturated rings. The van der Waals surface area contributed by atoms with E-state index in [1.807, 2.05) is 18.5 Å². The molecule has 1 aromatic heterocycles. The second-order valence-corrected chi connectivity index (χ2v) is 4.87. The van der Waals surface area contributed by atoms with Gasteiger partial charge in [0.25, 0.3) is 0 Å². The van der Waals surface area contributed by atoms with Gasteiger partial charge in [-0.1, -0.05) is 19.3 Å². The first-order valence-electron chi connectivity index (χ1n) is 5.83. The molecule has 1 aromatic rings. The molecule has 3 nitrogen and oxygen atoms in total. The number of rotatable bonds is 2. The summed E-state index contributed by atoms with van der Waals surface area (Å²) >= 11 is 0. The van der Waals surface area contributed by atoms with Crippen molar-refractivity contribution in [3.05, 3.63) is 17.5 Å². The minimum Gasteiger partial charge on any atom is -0.388 e. The number of aryl methyl sites for hydroxylation is 2. The van der Waals surface area contributed by atoms with Gasteiger partial charge in [-0.3, -0.25) is 4.68 Å². The maximum absolute atomic E-state index is 10.4. The standard InChI is InChI=1S/C12H20N2O/c1-10-8-11(2)14(13-10)9-12(15)6-4-3-5-7-12/h8,15H,3-7,9H2,1-2H3. The Morgan fingerprint density at radius 2 is 2.00 bits per heavy atom. The van der Waals surface area contributed by atoms with Crippen molar-refractivity contribution in [3.8, 4) is 0 Å². The van der Waals surface area contributed by atoms with Gasteiger partial charge in [0.1, 0.15) is 0 Å². The van der Waals surface area contributed by atoms with Crippen molar-refractivity contribution < 1.29 is 5.11 Å². The van der Waals surface area contributed by atoms with Crippen LogP contribution in [-0.2, 0) is 6.54 Å². The monoisotopic (exact) mass is 208 g/mol. The number of nitrogens with zero attached hydrogens (tertiary/aromatic N) is 2. The van der Waals surface area contributed by atoms with Gasteiger partial charge >= 0.3 is 0 Å². The molecule has 0 bridgehead atoms. The first-order valence-corrected chi connectivity index (χ1v) is 5.83. The Labute approximate surface area is 91.1 Å². The summed E-state index contributed by atoms with van der Waals surface area (Å²) in [6.45, 7) is 4.70. The Balaban J connectivity index is 2.09. The van der Waals surface area contributed by atoms with Crippen LogP contribution in [0.4, 0.5) is 0 Å². The van der Waals surface area contributed by atoms with E-state index in [1.54, 1.807) is 0 Å². The molecule has 1 aliphatic carbocycles. The Hall–Kier alpha value is -0.830. The fourth-order valence-corrected chi connectivity index (χ4v) is 2.48. The van der Waals surface area contributed by atoms with E-state index in [2.05, 4.69) is 11.2 Å². The summed E-state index contributed by atoms with van der Waals surface area (Å²) in [6.07, 6.45) is 5.40. The quantitative estimate of drug-likeness (QED) is 0.809.